The lowest BCUT2D eigenvalue weighted by atomic mass is 9.89. The zero-order valence-corrected chi connectivity index (χ0v) is 9.09. The molecule has 1 aromatic heterocycles. The summed E-state index contributed by atoms with van der Waals surface area (Å²) in [6.45, 7) is 10.5. The van der Waals surface area contributed by atoms with Crippen molar-refractivity contribution in [2.75, 3.05) is 0 Å². The van der Waals surface area contributed by atoms with Gasteiger partial charge in [-0.05, 0) is 6.42 Å². The fourth-order valence-electron chi connectivity index (χ4n) is 0.903. The molecule has 0 aliphatic rings. The molecule has 1 rings (SSSR count). The second-order valence-electron chi connectivity index (χ2n) is 4.35. The lowest BCUT2D eigenvalue weighted by Gasteiger charge is -2.16. The molecule has 1 aromatic rings. The molecule has 3 nitrogen and oxygen atoms in total. The molecule has 0 radical (unpaired) electrons. The van der Waals surface area contributed by atoms with E-state index in [1.54, 1.807) is 0 Å². The molecule has 74 valence electrons. The van der Waals surface area contributed by atoms with E-state index in [1.807, 2.05) is 0 Å². The Kier molecular flexibility index (Phi) is 2.74. The Morgan fingerprint density at radius 1 is 1.38 bits per heavy atom. The summed E-state index contributed by atoms with van der Waals surface area (Å²) in [5.41, 5.74) is 0.0244. The first-order chi connectivity index (χ1) is 5.97. The molecule has 0 saturated heterocycles. The third-order valence-corrected chi connectivity index (χ3v) is 2.42. The van der Waals surface area contributed by atoms with Crippen molar-refractivity contribution in [3.05, 3.63) is 11.7 Å². The minimum absolute atomic E-state index is 0.0244. The van der Waals surface area contributed by atoms with Crippen LogP contribution in [0.5, 0.6) is 0 Å². The quantitative estimate of drug-likeness (QED) is 0.721. The number of nitrogens with zero attached hydrogens (tertiary/aromatic N) is 2. The highest BCUT2D eigenvalue weighted by Crippen LogP contribution is 2.25. The second kappa shape index (κ2) is 3.48. The predicted molar refractivity (Wildman–Crippen MR) is 51.7 cm³/mol. The Morgan fingerprint density at radius 3 is 2.38 bits per heavy atom. The Bertz CT molecular complexity index is 276. The summed E-state index contributed by atoms with van der Waals surface area (Å²) in [6, 6.07) is 0. The van der Waals surface area contributed by atoms with Crippen molar-refractivity contribution in [3.8, 4) is 0 Å². The summed E-state index contributed by atoms with van der Waals surface area (Å²) < 4.78 is 5.15. The van der Waals surface area contributed by atoms with Gasteiger partial charge in [-0.1, -0.05) is 39.8 Å². The average Bonchev–Trinajstić information content (AvgIpc) is 2.52. The van der Waals surface area contributed by atoms with Gasteiger partial charge in [0, 0.05) is 11.3 Å². The van der Waals surface area contributed by atoms with E-state index in [0.717, 1.165) is 18.1 Å². The van der Waals surface area contributed by atoms with Gasteiger partial charge in [0.25, 0.3) is 0 Å². The van der Waals surface area contributed by atoms with Crippen LogP contribution in [0.2, 0.25) is 0 Å². The van der Waals surface area contributed by atoms with E-state index in [1.165, 1.54) is 0 Å². The first-order valence-electron chi connectivity index (χ1n) is 4.81. The van der Waals surface area contributed by atoms with Crippen LogP contribution in [-0.2, 0) is 5.41 Å². The van der Waals surface area contributed by atoms with E-state index in [4.69, 9.17) is 4.52 Å². The molecule has 0 amide bonds. The smallest absolute Gasteiger partial charge is 0.229 e. The first kappa shape index (κ1) is 10.2. The highest BCUT2D eigenvalue weighted by atomic mass is 16.5. The van der Waals surface area contributed by atoms with E-state index in [9.17, 15) is 0 Å². The molecular formula is C10H18N2O. The minimum atomic E-state index is 0.0244. The molecule has 13 heavy (non-hydrogen) atoms. The van der Waals surface area contributed by atoms with Crippen molar-refractivity contribution in [1.29, 1.82) is 0 Å². The van der Waals surface area contributed by atoms with Gasteiger partial charge in [0.1, 0.15) is 0 Å². The summed E-state index contributed by atoms with van der Waals surface area (Å²) in [5.74, 6) is 1.86. The highest BCUT2D eigenvalue weighted by molar-refractivity contribution is 5.03. The third kappa shape index (κ3) is 2.08. The topological polar surface area (TPSA) is 38.9 Å². The molecule has 0 unspecified atom stereocenters. The predicted octanol–water partition coefficient (Wildman–Crippen LogP) is 2.88. The average molecular weight is 182 g/mol. The van der Waals surface area contributed by atoms with Crippen LogP contribution in [0.3, 0.4) is 0 Å². The van der Waals surface area contributed by atoms with Crippen LogP contribution in [0.15, 0.2) is 4.52 Å². The monoisotopic (exact) mass is 182 g/mol. The van der Waals surface area contributed by atoms with Crippen LogP contribution < -0.4 is 0 Å². The van der Waals surface area contributed by atoms with E-state index in [2.05, 4.69) is 44.8 Å². The molecule has 0 spiro atoms. The van der Waals surface area contributed by atoms with Crippen LogP contribution in [0.4, 0.5) is 0 Å². The number of hydrogen-bond donors (Lipinski definition) is 0. The van der Waals surface area contributed by atoms with Gasteiger partial charge in [-0.3, -0.25) is 0 Å². The molecule has 0 fully saturated rings. The molecule has 0 aliphatic carbocycles. The van der Waals surface area contributed by atoms with Gasteiger partial charge in [0.2, 0.25) is 5.89 Å². The van der Waals surface area contributed by atoms with E-state index in [-0.39, 0.29) is 5.41 Å². The van der Waals surface area contributed by atoms with Crippen LogP contribution in [0.1, 0.15) is 58.7 Å². The first-order valence-corrected chi connectivity index (χ1v) is 4.81. The standard InChI is InChI=1S/C10H18N2O/c1-6-10(4,5)9-11-8(7(2)3)13-12-9/h7H,6H2,1-5H3. The largest absolute Gasteiger partial charge is 0.339 e. The van der Waals surface area contributed by atoms with E-state index < -0.39 is 0 Å². The Morgan fingerprint density at radius 2 is 2.00 bits per heavy atom. The molecule has 0 atom stereocenters. The summed E-state index contributed by atoms with van der Waals surface area (Å²) in [5, 5.41) is 3.99. The van der Waals surface area contributed by atoms with Crippen LogP contribution >= 0.6 is 0 Å². The SMILES string of the molecule is CCC(C)(C)c1noc(C(C)C)n1. The zero-order chi connectivity index (χ0) is 10.1. The maximum Gasteiger partial charge on any atom is 0.229 e. The fraction of sp³-hybridized carbons (Fsp3) is 0.800. The van der Waals surface area contributed by atoms with Crippen molar-refractivity contribution in [3.63, 3.8) is 0 Å². The normalized spacial score (nSPS) is 12.5. The van der Waals surface area contributed by atoms with Gasteiger partial charge in [0.05, 0.1) is 0 Å². The van der Waals surface area contributed by atoms with Gasteiger partial charge in [-0.15, -0.1) is 0 Å². The second-order valence-corrected chi connectivity index (χ2v) is 4.35. The number of hydrogen-bond acceptors (Lipinski definition) is 3. The van der Waals surface area contributed by atoms with E-state index >= 15 is 0 Å². The van der Waals surface area contributed by atoms with E-state index in [0.29, 0.717) is 5.92 Å². The van der Waals surface area contributed by atoms with Crippen molar-refractivity contribution in [2.45, 2.75) is 52.4 Å². The van der Waals surface area contributed by atoms with Gasteiger partial charge in [0.15, 0.2) is 5.82 Å². The minimum Gasteiger partial charge on any atom is -0.339 e. The third-order valence-electron chi connectivity index (χ3n) is 2.42. The Labute approximate surface area is 79.5 Å². The number of aromatic nitrogens is 2. The molecule has 0 N–H and O–H groups in total. The Balaban J connectivity index is 2.91. The molecule has 3 heteroatoms. The summed E-state index contributed by atoms with van der Waals surface area (Å²) in [6.07, 6.45) is 1.02. The van der Waals surface area contributed by atoms with Crippen molar-refractivity contribution < 1.29 is 4.52 Å². The van der Waals surface area contributed by atoms with Crippen molar-refractivity contribution >= 4 is 0 Å². The lowest BCUT2D eigenvalue weighted by molar-refractivity contribution is 0.347. The lowest BCUT2D eigenvalue weighted by Crippen LogP contribution is -2.17. The molecule has 0 bridgehead atoms. The van der Waals surface area contributed by atoms with Gasteiger partial charge in [-0.25, -0.2) is 0 Å². The van der Waals surface area contributed by atoms with Gasteiger partial charge >= 0.3 is 0 Å². The maximum absolute atomic E-state index is 5.15. The summed E-state index contributed by atoms with van der Waals surface area (Å²) in [7, 11) is 0. The molecule has 0 aliphatic heterocycles. The molecule has 1 heterocycles. The van der Waals surface area contributed by atoms with Crippen LogP contribution in [0.25, 0.3) is 0 Å². The van der Waals surface area contributed by atoms with Crippen molar-refractivity contribution in [2.24, 2.45) is 0 Å². The van der Waals surface area contributed by atoms with Gasteiger partial charge in [-0.2, -0.15) is 4.98 Å². The van der Waals surface area contributed by atoms with Crippen molar-refractivity contribution in [1.82, 2.24) is 10.1 Å². The Hall–Kier alpha value is -0.860. The van der Waals surface area contributed by atoms with Gasteiger partial charge < -0.3 is 4.52 Å². The summed E-state index contributed by atoms with van der Waals surface area (Å²) >= 11 is 0. The fourth-order valence-corrected chi connectivity index (χ4v) is 0.903. The highest BCUT2D eigenvalue weighted by Gasteiger charge is 2.25. The molecular weight excluding hydrogens is 164 g/mol. The van der Waals surface area contributed by atoms with Crippen LogP contribution in [0, 0.1) is 0 Å². The summed E-state index contributed by atoms with van der Waals surface area (Å²) in [4.78, 5) is 4.37. The number of rotatable bonds is 3. The molecule has 0 saturated carbocycles. The zero-order valence-electron chi connectivity index (χ0n) is 9.09. The maximum atomic E-state index is 5.15. The van der Waals surface area contributed by atoms with Crippen LogP contribution in [-0.4, -0.2) is 10.1 Å². The molecule has 0 aromatic carbocycles.